The number of allylic oxidation sites excluding steroid dienone is 2. The number of Topliss-reactive ketones (excluding diaryl/α,β-unsaturated/α-hetero) is 1. The van der Waals surface area contributed by atoms with Crippen molar-refractivity contribution in [3.63, 3.8) is 0 Å². The highest BCUT2D eigenvalue weighted by molar-refractivity contribution is 5.99. The summed E-state index contributed by atoms with van der Waals surface area (Å²) >= 11 is 0. The maximum Gasteiger partial charge on any atom is 0.163 e. The molecule has 0 bridgehead atoms. The van der Waals surface area contributed by atoms with Gasteiger partial charge in [0.1, 0.15) is 0 Å². The van der Waals surface area contributed by atoms with Crippen LogP contribution < -0.4 is 0 Å². The van der Waals surface area contributed by atoms with Crippen molar-refractivity contribution >= 4 is 5.78 Å². The Morgan fingerprint density at radius 3 is 2.73 bits per heavy atom. The molecule has 0 atom stereocenters. The lowest BCUT2D eigenvalue weighted by Gasteiger charge is -2.20. The monoisotopic (exact) mass is 152 g/mol. The zero-order valence-electron chi connectivity index (χ0n) is 7.61. The van der Waals surface area contributed by atoms with Crippen molar-refractivity contribution in [3.05, 3.63) is 11.6 Å². The van der Waals surface area contributed by atoms with Crippen LogP contribution in [0.25, 0.3) is 0 Å². The average Bonchev–Trinajstić information content (AvgIpc) is 2.03. The van der Waals surface area contributed by atoms with Crippen LogP contribution >= 0.6 is 0 Å². The molecule has 1 aliphatic rings. The van der Waals surface area contributed by atoms with Crippen molar-refractivity contribution < 1.29 is 4.79 Å². The Labute approximate surface area is 68.5 Å². The SMILES string of the molecule is CC1=CCCCC(C)(C)C1=O. The van der Waals surface area contributed by atoms with Gasteiger partial charge in [-0.2, -0.15) is 0 Å². The van der Waals surface area contributed by atoms with E-state index in [0.29, 0.717) is 5.78 Å². The van der Waals surface area contributed by atoms with Gasteiger partial charge in [0.15, 0.2) is 5.78 Å². The molecule has 62 valence electrons. The minimum atomic E-state index is -0.114. The van der Waals surface area contributed by atoms with Crippen LogP contribution in [0.1, 0.15) is 40.0 Å². The summed E-state index contributed by atoms with van der Waals surface area (Å²) in [4.78, 5) is 11.6. The summed E-state index contributed by atoms with van der Waals surface area (Å²) in [5.74, 6) is 0.329. The smallest absolute Gasteiger partial charge is 0.163 e. The molecule has 1 heteroatoms. The van der Waals surface area contributed by atoms with E-state index in [4.69, 9.17) is 0 Å². The molecule has 1 nitrogen and oxygen atoms in total. The maximum atomic E-state index is 11.6. The Kier molecular flexibility index (Phi) is 2.17. The van der Waals surface area contributed by atoms with Crippen molar-refractivity contribution in [1.29, 1.82) is 0 Å². The second-order valence-electron chi connectivity index (χ2n) is 3.99. The van der Waals surface area contributed by atoms with E-state index in [1.165, 1.54) is 0 Å². The second kappa shape index (κ2) is 2.80. The van der Waals surface area contributed by atoms with E-state index in [1.807, 2.05) is 20.8 Å². The van der Waals surface area contributed by atoms with Crippen LogP contribution in [0.2, 0.25) is 0 Å². The summed E-state index contributed by atoms with van der Waals surface area (Å²) in [7, 11) is 0. The Morgan fingerprint density at radius 2 is 2.09 bits per heavy atom. The van der Waals surface area contributed by atoms with Crippen molar-refractivity contribution in [1.82, 2.24) is 0 Å². The number of carbonyl (C=O) groups is 1. The third-order valence-corrected chi connectivity index (χ3v) is 2.43. The molecule has 1 aliphatic carbocycles. The van der Waals surface area contributed by atoms with Gasteiger partial charge in [-0.25, -0.2) is 0 Å². The number of hydrogen-bond donors (Lipinski definition) is 0. The largest absolute Gasteiger partial charge is 0.294 e. The molecule has 11 heavy (non-hydrogen) atoms. The first-order chi connectivity index (χ1) is 5.04. The topological polar surface area (TPSA) is 17.1 Å². The summed E-state index contributed by atoms with van der Waals surface area (Å²) in [6.07, 6.45) is 5.31. The fourth-order valence-electron chi connectivity index (χ4n) is 1.60. The highest BCUT2D eigenvalue weighted by atomic mass is 16.1. The Bertz CT molecular complexity index is 199. The molecule has 0 aromatic rings. The molecule has 0 N–H and O–H groups in total. The normalized spacial score (nSPS) is 24.3. The van der Waals surface area contributed by atoms with Gasteiger partial charge in [0.2, 0.25) is 0 Å². The van der Waals surface area contributed by atoms with E-state index in [2.05, 4.69) is 6.08 Å². The summed E-state index contributed by atoms with van der Waals surface area (Å²) < 4.78 is 0. The van der Waals surface area contributed by atoms with Crippen molar-refractivity contribution in [2.24, 2.45) is 5.41 Å². The van der Waals surface area contributed by atoms with Crippen LogP contribution in [0.5, 0.6) is 0 Å². The number of hydrogen-bond acceptors (Lipinski definition) is 1. The van der Waals surface area contributed by atoms with Crippen molar-refractivity contribution in [2.75, 3.05) is 0 Å². The molecule has 0 aromatic heterocycles. The van der Waals surface area contributed by atoms with Gasteiger partial charge in [-0.3, -0.25) is 4.79 Å². The van der Waals surface area contributed by atoms with E-state index >= 15 is 0 Å². The predicted octanol–water partition coefficient (Wildman–Crippen LogP) is 2.71. The molecule has 0 aliphatic heterocycles. The first-order valence-electron chi connectivity index (χ1n) is 4.25. The Balaban J connectivity index is 2.88. The number of carbonyl (C=O) groups excluding carboxylic acids is 1. The van der Waals surface area contributed by atoms with E-state index in [1.54, 1.807) is 0 Å². The summed E-state index contributed by atoms with van der Waals surface area (Å²) in [5, 5.41) is 0. The van der Waals surface area contributed by atoms with E-state index in [-0.39, 0.29) is 5.41 Å². The van der Waals surface area contributed by atoms with Crippen LogP contribution in [0.3, 0.4) is 0 Å². The van der Waals surface area contributed by atoms with E-state index in [9.17, 15) is 4.79 Å². The molecule has 0 aromatic carbocycles. The molecule has 0 fully saturated rings. The lowest BCUT2D eigenvalue weighted by molar-refractivity contribution is -0.123. The maximum absolute atomic E-state index is 11.6. The second-order valence-corrected chi connectivity index (χ2v) is 3.99. The molecular formula is C10H16O. The fourth-order valence-corrected chi connectivity index (χ4v) is 1.60. The molecule has 0 saturated carbocycles. The first-order valence-corrected chi connectivity index (χ1v) is 4.25. The summed E-state index contributed by atoms with van der Waals surface area (Å²) in [6, 6.07) is 0. The predicted molar refractivity (Wildman–Crippen MR) is 46.4 cm³/mol. The van der Waals surface area contributed by atoms with Gasteiger partial charge in [-0.05, 0) is 31.8 Å². The van der Waals surface area contributed by atoms with Gasteiger partial charge in [-0.15, -0.1) is 0 Å². The lowest BCUT2D eigenvalue weighted by atomic mass is 9.82. The molecular weight excluding hydrogens is 136 g/mol. The van der Waals surface area contributed by atoms with Crippen LogP contribution in [-0.4, -0.2) is 5.78 Å². The van der Waals surface area contributed by atoms with Crippen LogP contribution in [0.15, 0.2) is 11.6 Å². The number of rotatable bonds is 0. The fraction of sp³-hybridized carbons (Fsp3) is 0.700. The minimum absolute atomic E-state index is 0.114. The Hall–Kier alpha value is -0.590. The Morgan fingerprint density at radius 1 is 1.45 bits per heavy atom. The highest BCUT2D eigenvalue weighted by Crippen LogP contribution is 2.30. The standard InChI is InChI=1S/C10H16O/c1-8-6-4-5-7-10(2,3)9(8)11/h6H,4-5,7H2,1-3H3. The van der Waals surface area contributed by atoms with Crippen LogP contribution in [-0.2, 0) is 4.79 Å². The van der Waals surface area contributed by atoms with Gasteiger partial charge in [-0.1, -0.05) is 19.9 Å². The minimum Gasteiger partial charge on any atom is -0.294 e. The third kappa shape index (κ3) is 1.70. The van der Waals surface area contributed by atoms with Gasteiger partial charge >= 0.3 is 0 Å². The zero-order valence-corrected chi connectivity index (χ0v) is 7.61. The molecule has 0 radical (unpaired) electrons. The van der Waals surface area contributed by atoms with Gasteiger partial charge < -0.3 is 0 Å². The van der Waals surface area contributed by atoms with Gasteiger partial charge in [0, 0.05) is 5.41 Å². The average molecular weight is 152 g/mol. The quantitative estimate of drug-likeness (QED) is 0.521. The third-order valence-electron chi connectivity index (χ3n) is 2.43. The van der Waals surface area contributed by atoms with Crippen molar-refractivity contribution in [3.8, 4) is 0 Å². The molecule has 0 spiro atoms. The molecule has 0 heterocycles. The molecule has 0 amide bonds. The van der Waals surface area contributed by atoms with E-state index in [0.717, 1.165) is 24.8 Å². The molecule has 1 rings (SSSR count). The molecule has 0 unspecified atom stereocenters. The lowest BCUT2D eigenvalue weighted by Crippen LogP contribution is -2.23. The van der Waals surface area contributed by atoms with Crippen LogP contribution in [0.4, 0.5) is 0 Å². The highest BCUT2D eigenvalue weighted by Gasteiger charge is 2.28. The molecule has 0 saturated heterocycles. The number of ketones is 1. The summed E-state index contributed by atoms with van der Waals surface area (Å²) in [6.45, 7) is 6.01. The van der Waals surface area contributed by atoms with Crippen LogP contribution in [0, 0.1) is 5.41 Å². The zero-order chi connectivity index (χ0) is 8.48. The van der Waals surface area contributed by atoms with Gasteiger partial charge in [0.25, 0.3) is 0 Å². The first kappa shape index (κ1) is 8.51. The van der Waals surface area contributed by atoms with Crippen molar-refractivity contribution in [2.45, 2.75) is 40.0 Å². The summed E-state index contributed by atoms with van der Waals surface area (Å²) in [5.41, 5.74) is 0.837. The van der Waals surface area contributed by atoms with E-state index < -0.39 is 0 Å². The van der Waals surface area contributed by atoms with Gasteiger partial charge in [0.05, 0.1) is 0 Å².